The Bertz CT molecular complexity index is 1400. The lowest BCUT2D eigenvalue weighted by Gasteiger charge is -2.10. The standard InChI is InChI=1S/C24H20ClN7O/c1-14-8-17(10-19(25)29-14)22-23(18-5-3-2-4-16(18)11-26)31-32-7-6-20(30-24(22)32)27-12-15-9-21(33)28-13-15/h2-8,10,15H,9,12-13H2,1H3,(H,27,30)(H,28,33). The number of amides is 1. The Labute approximate surface area is 195 Å². The van der Waals surface area contributed by atoms with Crippen molar-refractivity contribution >= 4 is 29.0 Å². The van der Waals surface area contributed by atoms with Crippen molar-refractivity contribution in [1.29, 1.82) is 5.26 Å². The van der Waals surface area contributed by atoms with Gasteiger partial charge in [-0.15, -0.1) is 0 Å². The van der Waals surface area contributed by atoms with Gasteiger partial charge in [-0.2, -0.15) is 10.4 Å². The molecule has 8 nitrogen and oxygen atoms in total. The van der Waals surface area contributed by atoms with Crippen LogP contribution in [-0.2, 0) is 4.79 Å². The maximum Gasteiger partial charge on any atom is 0.220 e. The molecule has 3 aromatic heterocycles. The molecule has 5 rings (SSSR count). The molecule has 33 heavy (non-hydrogen) atoms. The number of fused-ring (bicyclic) bond motifs is 1. The molecule has 164 valence electrons. The summed E-state index contributed by atoms with van der Waals surface area (Å²) in [5, 5.41) is 21.0. The van der Waals surface area contributed by atoms with E-state index >= 15 is 0 Å². The second-order valence-electron chi connectivity index (χ2n) is 8.04. The number of nitrogens with one attached hydrogen (secondary N) is 2. The molecule has 4 aromatic rings. The quantitative estimate of drug-likeness (QED) is 0.441. The molecule has 0 saturated carbocycles. The summed E-state index contributed by atoms with van der Waals surface area (Å²) in [7, 11) is 0. The molecule has 1 fully saturated rings. The number of benzene rings is 1. The normalized spacial score (nSPS) is 15.4. The highest BCUT2D eigenvalue weighted by molar-refractivity contribution is 6.29. The Morgan fingerprint density at radius 2 is 2.12 bits per heavy atom. The van der Waals surface area contributed by atoms with Crippen molar-refractivity contribution in [3.8, 4) is 28.5 Å². The predicted molar refractivity (Wildman–Crippen MR) is 126 cm³/mol. The van der Waals surface area contributed by atoms with Gasteiger partial charge in [-0.3, -0.25) is 4.79 Å². The van der Waals surface area contributed by atoms with Crippen molar-refractivity contribution < 1.29 is 4.79 Å². The van der Waals surface area contributed by atoms with E-state index in [1.807, 2.05) is 43.5 Å². The minimum atomic E-state index is 0.0778. The number of aryl methyl sites for hydroxylation is 1. The molecule has 1 atom stereocenters. The minimum absolute atomic E-state index is 0.0778. The Morgan fingerprint density at radius 1 is 1.27 bits per heavy atom. The summed E-state index contributed by atoms with van der Waals surface area (Å²) in [5.41, 5.74) is 4.87. The zero-order chi connectivity index (χ0) is 22.9. The molecular weight excluding hydrogens is 438 g/mol. The third-order valence-corrected chi connectivity index (χ3v) is 5.83. The molecule has 0 bridgehead atoms. The number of halogens is 1. The van der Waals surface area contributed by atoms with Gasteiger partial charge < -0.3 is 10.6 Å². The van der Waals surface area contributed by atoms with E-state index in [4.69, 9.17) is 21.7 Å². The summed E-state index contributed by atoms with van der Waals surface area (Å²) in [6.07, 6.45) is 2.34. The fourth-order valence-corrected chi connectivity index (χ4v) is 4.35. The highest BCUT2D eigenvalue weighted by Crippen LogP contribution is 2.37. The van der Waals surface area contributed by atoms with E-state index in [0.29, 0.717) is 47.4 Å². The predicted octanol–water partition coefficient (Wildman–Crippen LogP) is 3.84. The van der Waals surface area contributed by atoms with Crippen molar-refractivity contribution in [2.45, 2.75) is 13.3 Å². The van der Waals surface area contributed by atoms with Gasteiger partial charge in [0.1, 0.15) is 16.7 Å². The van der Waals surface area contributed by atoms with Gasteiger partial charge in [0, 0.05) is 42.9 Å². The number of nitriles is 1. The Morgan fingerprint density at radius 3 is 2.88 bits per heavy atom. The highest BCUT2D eigenvalue weighted by Gasteiger charge is 2.23. The maximum atomic E-state index is 11.5. The molecule has 2 N–H and O–H groups in total. The molecule has 1 aliphatic heterocycles. The van der Waals surface area contributed by atoms with Crippen LogP contribution in [0.5, 0.6) is 0 Å². The molecule has 0 radical (unpaired) electrons. The van der Waals surface area contributed by atoms with Gasteiger partial charge in [0.15, 0.2) is 5.65 Å². The summed E-state index contributed by atoms with van der Waals surface area (Å²) in [4.78, 5) is 20.6. The third-order valence-electron chi connectivity index (χ3n) is 5.63. The Hall–Kier alpha value is -3.96. The average molecular weight is 458 g/mol. The maximum absolute atomic E-state index is 11.5. The van der Waals surface area contributed by atoms with Crippen LogP contribution >= 0.6 is 11.6 Å². The van der Waals surface area contributed by atoms with Crippen LogP contribution < -0.4 is 10.6 Å². The van der Waals surface area contributed by atoms with Crippen LogP contribution in [0.1, 0.15) is 17.7 Å². The minimum Gasteiger partial charge on any atom is -0.370 e. The number of carbonyl (C=O) groups excluding carboxylic acids is 1. The second kappa shape index (κ2) is 8.52. The summed E-state index contributed by atoms with van der Waals surface area (Å²) < 4.78 is 1.70. The lowest BCUT2D eigenvalue weighted by Crippen LogP contribution is -2.18. The first kappa shape index (κ1) is 20.9. The smallest absolute Gasteiger partial charge is 0.220 e. The monoisotopic (exact) mass is 457 g/mol. The highest BCUT2D eigenvalue weighted by atomic mass is 35.5. The molecule has 4 heterocycles. The molecule has 1 aliphatic rings. The fraction of sp³-hybridized carbons (Fsp3) is 0.208. The van der Waals surface area contributed by atoms with E-state index in [0.717, 1.165) is 22.4 Å². The van der Waals surface area contributed by atoms with Crippen LogP contribution in [-0.4, -0.2) is 38.6 Å². The Kier molecular flexibility index (Phi) is 5.40. The summed E-state index contributed by atoms with van der Waals surface area (Å²) in [6.45, 7) is 3.17. The first-order chi connectivity index (χ1) is 16.0. The van der Waals surface area contributed by atoms with Crippen molar-refractivity contribution in [3.63, 3.8) is 0 Å². The SMILES string of the molecule is Cc1cc(-c2c(-c3ccccc3C#N)nn3ccc(NCC4CNC(=O)C4)nc23)cc(Cl)n1. The van der Waals surface area contributed by atoms with E-state index in [1.54, 1.807) is 16.6 Å². The number of aromatic nitrogens is 4. The van der Waals surface area contributed by atoms with E-state index in [2.05, 4.69) is 21.7 Å². The number of hydrogen-bond acceptors (Lipinski definition) is 6. The largest absolute Gasteiger partial charge is 0.370 e. The lowest BCUT2D eigenvalue weighted by molar-refractivity contribution is -0.119. The molecule has 1 unspecified atom stereocenters. The van der Waals surface area contributed by atoms with Gasteiger partial charge in [-0.05, 0) is 36.8 Å². The van der Waals surface area contributed by atoms with Gasteiger partial charge >= 0.3 is 0 Å². The third kappa shape index (κ3) is 4.11. The van der Waals surface area contributed by atoms with E-state index in [-0.39, 0.29) is 11.8 Å². The molecule has 0 aliphatic carbocycles. The first-order valence-corrected chi connectivity index (χ1v) is 10.9. The average Bonchev–Trinajstić information content (AvgIpc) is 3.39. The second-order valence-corrected chi connectivity index (χ2v) is 8.42. The molecule has 9 heteroatoms. The van der Waals surface area contributed by atoms with Crippen LogP contribution in [0.3, 0.4) is 0 Å². The molecular formula is C24H20ClN7O. The van der Waals surface area contributed by atoms with Crippen molar-refractivity contribution in [2.75, 3.05) is 18.4 Å². The van der Waals surface area contributed by atoms with Crippen LogP contribution in [0.2, 0.25) is 5.15 Å². The molecule has 1 saturated heterocycles. The molecule has 1 amide bonds. The number of anilines is 1. The Balaban J connectivity index is 1.65. The van der Waals surface area contributed by atoms with Crippen LogP contribution in [0.4, 0.5) is 5.82 Å². The molecule has 0 spiro atoms. The number of hydrogen-bond donors (Lipinski definition) is 2. The van der Waals surface area contributed by atoms with Gasteiger partial charge in [0.2, 0.25) is 5.91 Å². The number of rotatable bonds is 5. The topological polar surface area (TPSA) is 108 Å². The summed E-state index contributed by atoms with van der Waals surface area (Å²) in [6, 6.07) is 15.2. The number of pyridine rings is 1. The number of nitrogens with zero attached hydrogens (tertiary/aromatic N) is 5. The molecule has 1 aromatic carbocycles. The number of carbonyl (C=O) groups is 1. The zero-order valence-corrected chi connectivity index (χ0v) is 18.6. The fourth-order valence-electron chi connectivity index (χ4n) is 4.10. The van der Waals surface area contributed by atoms with Crippen LogP contribution in [0.15, 0.2) is 48.7 Å². The lowest BCUT2D eigenvalue weighted by atomic mass is 9.98. The van der Waals surface area contributed by atoms with Gasteiger partial charge in [0.05, 0.1) is 17.2 Å². The van der Waals surface area contributed by atoms with Crippen molar-refractivity contribution in [1.82, 2.24) is 24.9 Å². The van der Waals surface area contributed by atoms with Gasteiger partial charge in [-0.25, -0.2) is 14.5 Å². The summed E-state index contributed by atoms with van der Waals surface area (Å²) in [5.74, 6) is 0.980. The first-order valence-electron chi connectivity index (χ1n) is 10.6. The van der Waals surface area contributed by atoms with Crippen molar-refractivity contribution in [3.05, 3.63) is 65.1 Å². The zero-order valence-electron chi connectivity index (χ0n) is 17.8. The van der Waals surface area contributed by atoms with E-state index in [1.165, 1.54) is 0 Å². The van der Waals surface area contributed by atoms with Crippen molar-refractivity contribution in [2.24, 2.45) is 5.92 Å². The van der Waals surface area contributed by atoms with Gasteiger partial charge in [0.25, 0.3) is 0 Å². The van der Waals surface area contributed by atoms with E-state index < -0.39 is 0 Å². The van der Waals surface area contributed by atoms with Crippen LogP contribution in [0, 0.1) is 24.2 Å². The van der Waals surface area contributed by atoms with E-state index in [9.17, 15) is 10.1 Å². The van der Waals surface area contributed by atoms with Gasteiger partial charge in [-0.1, -0.05) is 29.8 Å². The summed E-state index contributed by atoms with van der Waals surface area (Å²) >= 11 is 6.28. The van der Waals surface area contributed by atoms with Crippen LogP contribution in [0.25, 0.3) is 28.0 Å².